The van der Waals surface area contributed by atoms with Crippen molar-refractivity contribution < 1.29 is 19.1 Å². The minimum atomic E-state index is -0.375. The zero-order valence-electron chi connectivity index (χ0n) is 19.8. The Morgan fingerprint density at radius 2 is 1.64 bits per heavy atom. The number of para-hydroxylation sites is 1. The SMILES string of the molecule is COc1ccc(CC(=O)NNC(=O)CCN2C(=O)c3ccccc3[C@H]2c2c[nH]c3ccccc23)cc1. The maximum absolute atomic E-state index is 13.3. The van der Waals surface area contributed by atoms with Crippen LogP contribution in [-0.4, -0.2) is 41.3 Å². The molecule has 0 radical (unpaired) electrons. The number of methoxy groups -OCH3 is 1. The molecule has 4 aromatic rings. The Morgan fingerprint density at radius 1 is 0.917 bits per heavy atom. The monoisotopic (exact) mass is 482 g/mol. The molecule has 1 atom stereocenters. The lowest BCUT2D eigenvalue weighted by atomic mass is 9.97. The fraction of sp³-hybridized carbons (Fsp3) is 0.179. The minimum Gasteiger partial charge on any atom is -0.497 e. The Labute approximate surface area is 208 Å². The van der Waals surface area contributed by atoms with Gasteiger partial charge in [-0.25, -0.2) is 0 Å². The van der Waals surface area contributed by atoms with E-state index in [9.17, 15) is 14.4 Å². The van der Waals surface area contributed by atoms with E-state index in [-0.39, 0.29) is 43.1 Å². The van der Waals surface area contributed by atoms with Crippen LogP contribution in [0.25, 0.3) is 10.9 Å². The number of hydrazine groups is 1. The second kappa shape index (κ2) is 9.95. The number of fused-ring (bicyclic) bond motifs is 2. The molecule has 182 valence electrons. The summed E-state index contributed by atoms with van der Waals surface area (Å²) in [6, 6.07) is 22.3. The Hall–Kier alpha value is -4.59. The smallest absolute Gasteiger partial charge is 0.255 e. The summed E-state index contributed by atoms with van der Waals surface area (Å²) < 4.78 is 5.12. The highest BCUT2D eigenvalue weighted by molar-refractivity contribution is 6.01. The van der Waals surface area contributed by atoms with E-state index in [0.717, 1.165) is 27.6 Å². The average Bonchev–Trinajstić information content (AvgIpc) is 3.45. The van der Waals surface area contributed by atoms with Crippen LogP contribution in [0.15, 0.2) is 79.0 Å². The highest BCUT2D eigenvalue weighted by Gasteiger charge is 2.38. The van der Waals surface area contributed by atoms with Gasteiger partial charge < -0.3 is 14.6 Å². The molecule has 3 aromatic carbocycles. The van der Waals surface area contributed by atoms with Crippen molar-refractivity contribution in [3.63, 3.8) is 0 Å². The third-order valence-corrected chi connectivity index (χ3v) is 6.42. The molecule has 1 aliphatic rings. The number of ether oxygens (including phenoxy) is 1. The van der Waals surface area contributed by atoms with Crippen molar-refractivity contribution in [1.82, 2.24) is 20.7 Å². The molecular weight excluding hydrogens is 456 g/mol. The Balaban J connectivity index is 1.24. The highest BCUT2D eigenvalue weighted by Crippen LogP contribution is 2.41. The van der Waals surface area contributed by atoms with E-state index < -0.39 is 0 Å². The fourth-order valence-corrected chi connectivity index (χ4v) is 4.65. The quantitative estimate of drug-likeness (QED) is 0.351. The molecule has 0 saturated heterocycles. The van der Waals surface area contributed by atoms with Crippen molar-refractivity contribution in [2.75, 3.05) is 13.7 Å². The standard InChI is InChI=1S/C28H26N4O4/c1-36-19-12-10-18(11-13-19)16-26(34)31-30-25(33)14-15-32-27(21-7-2-3-8-22(21)28(32)35)23-17-29-24-9-5-4-6-20(23)24/h2-13,17,27,29H,14-16H2,1H3,(H,30,33)(H,31,34)/t27-/m0/s1. The maximum Gasteiger partial charge on any atom is 0.255 e. The first-order valence-corrected chi connectivity index (χ1v) is 11.7. The fourth-order valence-electron chi connectivity index (χ4n) is 4.65. The summed E-state index contributed by atoms with van der Waals surface area (Å²) in [7, 11) is 1.58. The molecule has 1 aromatic heterocycles. The lowest BCUT2D eigenvalue weighted by molar-refractivity contribution is -0.128. The summed E-state index contributed by atoms with van der Waals surface area (Å²) in [6.07, 6.45) is 2.09. The van der Waals surface area contributed by atoms with E-state index in [1.165, 1.54) is 0 Å². The van der Waals surface area contributed by atoms with Crippen molar-refractivity contribution in [1.29, 1.82) is 0 Å². The van der Waals surface area contributed by atoms with Crippen LogP contribution in [0, 0.1) is 0 Å². The topological polar surface area (TPSA) is 104 Å². The van der Waals surface area contributed by atoms with Crippen LogP contribution in [0.2, 0.25) is 0 Å². The van der Waals surface area contributed by atoms with Gasteiger partial charge in [0.2, 0.25) is 11.8 Å². The molecular formula is C28H26N4O4. The summed E-state index contributed by atoms with van der Waals surface area (Å²) in [5, 5.41) is 1.03. The molecule has 0 bridgehead atoms. The summed E-state index contributed by atoms with van der Waals surface area (Å²) in [6.45, 7) is 0.206. The number of amides is 3. The van der Waals surface area contributed by atoms with Crippen LogP contribution in [0.1, 0.15) is 39.5 Å². The van der Waals surface area contributed by atoms with Gasteiger partial charge in [0.05, 0.1) is 19.6 Å². The predicted molar refractivity (Wildman–Crippen MR) is 135 cm³/mol. The second-order valence-electron chi connectivity index (χ2n) is 8.65. The Morgan fingerprint density at radius 3 is 2.44 bits per heavy atom. The third-order valence-electron chi connectivity index (χ3n) is 6.42. The molecule has 2 heterocycles. The van der Waals surface area contributed by atoms with Gasteiger partial charge in [-0.1, -0.05) is 48.5 Å². The van der Waals surface area contributed by atoms with Crippen LogP contribution < -0.4 is 15.6 Å². The van der Waals surface area contributed by atoms with Gasteiger partial charge in [0.25, 0.3) is 5.91 Å². The van der Waals surface area contributed by atoms with Gasteiger partial charge in [0.1, 0.15) is 5.75 Å². The normalized spacial score (nSPS) is 14.5. The van der Waals surface area contributed by atoms with E-state index in [4.69, 9.17) is 4.74 Å². The summed E-state index contributed by atoms with van der Waals surface area (Å²) in [5.41, 5.74) is 9.23. The van der Waals surface area contributed by atoms with E-state index in [1.54, 1.807) is 36.3 Å². The molecule has 36 heavy (non-hydrogen) atoms. The van der Waals surface area contributed by atoms with Gasteiger partial charge in [-0.15, -0.1) is 0 Å². The first-order valence-electron chi connectivity index (χ1n) is 11.7. The molecule has 0 spiro atoms. The van der Waals surface area contributed by atoms with Crippen LogP contribution in [-0.2, 0) is 16.0 Å². The molecule has 0 saturated carbocycles. The largest absolute Gasteiger partial charge is 0.497 e. The van der Waals surface area contributed by atoms with Crippen molar-refractivity contribution >= 4 is 28.6 Å². The zero-order chi connectivity index (χ0) is 25.1. The number of aromatic nitrogens is 1. The van der Waals surface area contributed by atoms with Crippen molar-refractivity contribution in [3.8, 4) is 5.75 Å². The predicted octanol–water partition coefficient (Wildman–Crippen LogP) is 3.50. The second-order valence-corrected chi connectivity index (χ2v) is 8.65. The number of carbonyl (C=O) groups is 3. The lowest BCUT2D eigenvalue weighted by Gasteiger charge is -2.25. The minimum absolute atomic E-state index is 0.0431. The molecule has 0 aliphatic carbocycles. The van der Waals surface area contributed by atoms with Gasteiger partial charge in [-0.3, -0.25) is 25.2 Å². The average molecular weight is 483 g/mol. The molecule has 0 fully saturated rings. The molecule has 5 rings (SSSR count). The Bertz CT molecular complexity index is 1430. The Kier molecular flexibility index (Phi) is 6.40. The number of benzene rings is 3. The van der Waals surface area contributed by atoms with Crippen molar-refractivity contribution in [3.05, 3.63) is 101 Å². The lowest BCUT2D eigenvalue weighted by Crippen LogP contribution is -2.43. The number of carbonyl (C=O) groups excluding carboxylic acids is 3. The number of hydrogen-bond donors (Lipinski definition) is 3. The zero-order valence-corrected chi connectivity index (χ0v) is 19.8. The van der Waals surface area contributed by atoms with Gasteiger partial charge in [-0.05, 0) is 35.4 Å². The maximum atomic E-state index is 13.3. The van der Waals surface area contributed by atoms with E-state index in [1.807, 2.05) is 54.7 Å². The third kappa shape index (κ3) is 4.53. The van der Waals surface area contributed by atoms with Crippen LogP contribution in [0.5, 0.6) is 5.75 Å². The summed E-state index contributed by atoms with van der Waals surface area (Å²) >= 11 is 0. The molecule has 8 nitrogen and oxygen atoms in total. The number of aromatic amines is 1. The number of H-pyrrole nitrogens is 1. The van der Waals surface area contributed by atoms with Gasteiger partial charge in [-0.2, -0.15) is 0 Å². The van der Waals surface area contributed by atoms with Crippen LogP contribution in [0.4, 0.5) is 0 Å². The molecule has 0 unspecified atom stereocenters. The van der Waals surface area contributed by atoms with Gasteiger partial charge in [0.15, 0.2) is 0 Å². The summed E-state index contributed by atoms with van der Waals surface area (Å²) in [4.78, 5) is 43.1. The first kappa shape index (κ1) is 23.2. The van der Waals surface area contributed by atoms with Gasteiger partial charge in [0, 0.05) is 41.2 Å². The number of nitrogens with one attached hydrogen (secondary N) is 3. The van der Waals surface area contributed by atoms with Crippen LogP contribution in [0.3, 0.4) is 0 Å². The van der Waals surface area contributed by atoms with E-state index >= 15 is 0 Å². The number of rotatable bonds is 7. The molecule has 3 amide bonds. The molecule has 3 N–H and O–H groups in total. The number of nitrogens with zero attached hydrogens (tertiary/aromatic N) is 1. The highest BCUT2D eigenvalue weighted by atomic mass is 16.5. The van der Waals surface area contributed by atoms with Gasteiger partial charge >= 0.3 is 0 Å². The molecule has 8 heteroatoms. The number of hydrogen-bond acceptors (Lipinski definition) is 4. The van der Waals surface area contributed by atoms with E-state index in [2.05, 4.69) is 15.8 Å². The van der Waals surface area contributed by atoms with Crippen molar-refractivity contribution in [2.24, 2.45) is 0 Å². The van der Waals surface area contributed by atoms with Crippen LogP contribution >= 0.6 is 0 Å². The first-order chi connectivity index (χ1) is 17.5. The van der Waals surface area contributed by atoms with E-state index in [0.29, 0.717) is 11.3 Å². The van der Waals surface area contributed by atoms with Crippen molar-refractivity contribution in [2.45, 2.75) is 18.9 Å². The summed E-state index contributed by atoms with van der Waals surface area (Å²) in [5.74, 6) is -0.122. The molecule has 1 aliphatic heterocycles.